The molecule has 2 heterocycles. The van der Waals surface area contributed by atoms with Gasteiger partial charge in [-0.2, -0.15) is 0 Å². The monoisotopic (exact) mass is 379 g/mol. The number of alkyl halides is 1. The Bertz CT molecular complexity index is 677. The van der Waals surface area contributed by atoms with Crippen LogP contribution in [0.1, 0.15) is 28.8 Å². The smallest absolute Gasteiger partial charge is 0.255 e. The molecule has 23 heavy (non-hydrogen) atoms. The number of carbonyl (C=O) groups excluding carboxylic acids is 3. The van der Waals surface area contributed by atoms with Gasteiger partial charge >= 0.3 is 0 Å². The highest BCUT2D eigenvalue weighted by atomic mass is 79.9. The van der Waals surface area contributed by atoms with Crippen LogP contribution in [0.25, 0.3) is 0 Å². The Kier molecular flexibility index (Phi) is 4.39. The van der Waals surface area contributed by atoms with E-state index in [0.717, 1.165) is 23.1 Å². The number of benzene rings is 1. The lowest BCUT2D eigenvalue weighted by molar-refractivity contribution is -0.136. The second-order valence-corrected chi connectivity index (χ2v) is 6.61. The Morgan fingerprint density at radius 1 is 1.35 bits per heavy atom. The fourth-order valence-electron chi connectivity index (χ4n) is 3.17. The van der Waals surface area contributed by atoms with Gasteiger partial charge in [-0.25, -0.2) is 0 Å². The number of fused-ring (bicyclic) bond motifs is 1. The van der Waals surface area contributed by atoms with E-state index in [1.807, 2.05) is 19.2 Å². The molecule has 0 aliphatic carbocycles. The lowest BCUT2D eigenvalue weighted by Crippen LogP contribution is -2.52. The minimum atomic E-state index is -0.568. The molecule has 1 atom stereocenters. The number of imide groups is 1. The van der Waals surface area contributed by atoms with Gasteiger partial charge in [0, 0.05) is 48.7 Å². The maximum absolute atomic E-state index is 12.7. The molecule has 122 valence electrons. The van der Waals surface area contributed by atoms with E-state index in [4.69, 9.17) is 0 Å². The van der Waals surface area contributed by atoms with Crippen LogP contribution in [0.5, 0.6) is 0 Å². The van der Waals surface area contributed by atoms with E-state index in [1.54, 1.807) is 11.0 Å². The molecular formula is C16H18BrN3O3. The molecule has 0 bridgehead atoms. The van der Waals surface area contributed by atoms with Crippen LogP contribution >= 0.6 is 15.9 Å². The van der Waals surface area contributed by atoms with Crippen molar-refractivity contribution < 1.29 is 14.4 Å². The minimum Gasteiger partial charge on any atom is -0.373 e. The molecule has 0 aromatic heterocycles. The summed E-state index contributed by atoms with van der Waals surface area (Å²) in [5.74, 6) is -0.783. The number of rotatable bonds is 4. The van der Waals surface area contributed by atoms with Gasteiger partial charge in [-0.15, -0.1) is 0 Å². The normalized spacial score (nSPS) is 20.5. The van der Waals surface area contributed by atoms with Crippen LogP contribution in [0.2, 0.25) is 0 Å². The Hall–Kier alpha value is -1.89. The number of hydrogen-bond donors (Lipinski definition) is 1. The summed E-state index contributed by atoms with van der Waals surface area (Å²) in [7, 11) is 1.98. The van der Waals surface area contributed by atoms with Crippen molar-refractivity contribution in [3.8, 4) is 0 Å². The van der Waals surface area contributed by atoms with E-state index in [1.165, 1.54) is 0 Å². The maximum Gasteiger partial charge on any atom is 0.255 e. The summed E-state index contributed by atoms with van der Waals surface area (Å²) in [6, 6.07) is 5.09. The number of anilines is 1. The van der Waals surface area contributed by atoms with E-state index >= 15 is 0 Å². The molecule has 3 amide bonds. The molecule has 1 aromatic carbocycles. The Balaban J connectivity index is 1.88. The molecule has 1 unspecified atom stereocenters. The lowest BCUT2D eigenvalue weighted by Gasteiger charge is -2.29. The maximum atomic E-state index is 12.7. The third kappa shape index (κ3) is 2.85. The van der Waals surface area contributed by atoms with Crippen molar-refractivity contribution in [1.82, 2.24) is 10.2 Å². The first-order valence-electron chi connectivity index (χ1n) is 7.56. The number of piperidine rings is 1. The van der Waals surface area contributed by atoms with Crippen molar-refractivity contribution >= 4 is 39.3 Å². The molecule has 3 rings (SSSR count). The van der Waals surface area contributed by atoms with Crippen molar-refractivity contribution in [2.45, 2.75) is 25.4 Å². The number of carbonyl (C=O) groups is 3. The summed E-state index contributed by atoms with van der Waals surface area (Å²) in [4.78, 5) is 39.7. The lowest BCUT2D eigenvalue weighted by atomic mass is 10.0. The Morgan fingerprint density at radius 3 is 2.83 bits per heavy atom. The SMILES string of the molecule is CN(CCBr)c1cccc2c1CN(C1CCC(=O)NC1=O)C2=O. The van der Waals surface area contributed by atoms with E-state index in [2.05, 4.69) is 26.1 Å². The first-order valence-corrected chi connectivity index (χ1v) is 8.68. The summed E-state index contributed by atoms with van der Waals surface area (Å²) in [5, 5.41) is 3.15. The fourth-order valence-corrected chi connectivity index (χ4v) is 3.71. The largest absolute Gasteiger partial charge is 0.373 e. The molecule has 7 heteroatoms. The van der Waals surface area contributed by atoms with Crippen molar-refractivity contribution in [2.24, 2.45) is 0 Å². The molecule has 1 saturated heterocycles. The highest BCUT2D eigenvalue weighted by Crippen LogP contribution is 2.33. The van der Waals surface area contributed by atoms with Gasteiger partial charge < -0.3 is 9.80 Å². The summed E-state index contributed by atoms with van der Waals surface area (Å²) >= 11 is 3.42. The summed E-state index contributed by atoms with van der Waals surface area (Å²) in [5.41, 5.74) is 2.60. The Morgan fingerprint density at radius 2 is 2.13 bits per heavy atom. The van der Waals surface area contributed by atoms with Gasteiger partial charge in [-0.05, 0) is 18.6 Å². The van der Waals surface area contributed by atoms with E-state index in [0.29, 0.717) is 18.5 Å². The molecule has 2 aliphatic rings. The standard InChI is InChI=1S/C16H18BrN3O3/c1-19(8-7-17)12-4-2-3-10-11(12)9-20(16(10)23)13-5-6-14(21)18-15(13)22/h2-4,13H,5-9H2,1H3,(H,18,21,22). The highest BCUT2D eigenvalue weighted by Gasteiger charge is 2.40. The third-order valence-corrected chi connectivity index (χ3v) is 4.74. The molecule has 2 aliphatic heterocycles. The zero-order valence-electron chi connectivity index (χ0n) is 12.8. The average Bonchev–Trinajstić information content (AvgIpc) is 2.85. The second-order valence-electron chi connectivity index (χ2n) is 5.81. The van der Waals surface area contributed by atoms with Crippen molar-refractivity contribution in [3.05, 3.63) is 29.3 Å². The molecule has 0 saturated carbocycles. The predicted molar refractivity (Wildman–Crippen MR) is 89.6 cm³/mol. The average molecular weight is 380 g/mol. The van der Waals surface area contributed by atoms with Crippen molar-refractivity contribution in [2.75, 3.05) is 23.8 Å². The van der Waals surface area contributed by atoms with Crippen molar-refractivity contribution in [1.29, 1.82) is 0 Å². The van der Waals surface area contributed by atoms with Crippen LogP contribution in [0, 0.1) is 0 Å². The first kappa shape index (κ1) is 16.0. The predicted octanol–water partition coefficient (Wildman–Crippen LogP) is 1.28. The van der Waals surface area contributed by atoms with Crippen molar-refractivity contribution in [3.63, 3.8) is 0 Å². The van der Waals surface area contributed by atoms with Crippen LogP contribution in [-0.2, 0) is 16.1 Å². The molecule has 0 spiro atoms. The topological polar surface area (TPSA) is 69.7 Å². The van der Waals surface area contributed by atoms with Gasteiger partial charge in [0.25, 0.3) is 5.91 Å². The van der Waals surface area contributed by atoms with E-state index in [-0.39, 0.29) is 24.1 Å². The molecular weight excluding hydrogens is 362 g/mol. The highest BCUT2D eigenvalue weighted by molar-refractivity contribution is 9.09. The second kappa shape index (κ2) is 6.31. The first-order chi connectivity index (χ1) is 11.0. The molecule has 1 fully saturated rings. The van der Waals surface area contributed by atoms with Crippen LogP contribution in [-0.4, -0.2) is 47.6 Å². The van der Waals surface area contributed by atoms with Crippen LogP contribution in [0.15, 0.2) is 18.2 Å². The fraction of sp³-hybridized carbons (Fsp3) is 0.438. The Labute approximate surface area is 142 Å². The zero-order chi connectivity index (χ0) is 16.6. The quantitative estimate of drug-likeness (QED) is 0.631. The summed E-state index contributed by atoms with van der Waals surface area (Å²) < 4.78 is 0. The summed E-state index contributed by atoms with van der Waals surface area (Å²) in [6.07, 6.45) is 0.657. The molecule has 1 N–H and O–H groups in total. The van der Waals surface area contributed by atoms with Crippen LogP contribution in [0.3, 0.4) is 0 Å². The van der Waals surface area contributed by atoms with Crippen LogP contribution in [0.4, 0.5) is 5.69 Å². The number of halogens is 1. The minimum absolute atomic E-state index is 0.136. The molecule has 0 radical (unpaired) electrons. The van der Waals surface area contributed by atoms with Gasteiger partial charge in [0.15, 0.2) is 0 Å². The van der Waals surface area contributed by atoms with Gasteiger partial charge in [-0.3, -0.25) is 19.7 Å². The van der Waals surface area contributed by atoms with E-state index < -0.39 is 6.04 Å². The number of nitrogens with zero attached hydrogens (tertiary/aromatic N) is 2. The van der Waals surface area contributed by atoms with Gasteiger partial charge in [0.2, 0.25) is 11.8 Å². The number of hydrogen-bond acceptors (Lipinski definition) is 4. The van der Waals surface area contributed by atoms with Gasteiger partial charge in [0.1, 0.15) is 6.04 Å². The number of amides is 3. The third-order valence-electron chi connectivity index (χ3n) is 4.39. The number of nitrogens with one attached hydrogen (secondary N) is 1. The zero-order valence-corrected chi connectivity index (χ0v) is 14.4. The molecule has 6 nitrogen and oxygen atoms in total. The summed E-state index contributed by atoms with van der Waals surface area (Å²) in [6.45, 7) is 1.23. The van der Waals surface area contributed by atoms with Gasteiger partial charge in [-0.1, -0.05) is 22.0 Å². The molecule has 1 aromatic rings. The van der Waals surface area contributed by atoms with Gasteiger partial charge in [0.05, 0.1) is 0 Å². The van der Waals surface area contributed by atoms with E-state index in [9.17, 15) is 14.4 Å². The van der Waals surface area contributed by atoms with Crippen LogP contribution < -0.4 is 10.2 Å².